The van der Waals surface area contributed by atoms with E-state index in [0.29, 0.717) is 11.6 Å². The molecule has 2 aromatic carbocycles. The summed E-state index contributed by atoms with van der Waals surface area (Å²) in [5.74, 6) is 0.486. The molecule has 0 amide bonds. The molecule has 1 aromatic heterocycles. The number of aryl methyl sites for hydroxylation is 1. The van der Waals surface area contributed by atoms with E-state index in [1.54, 1.807) is 0 Å². The van der Waals surface area contributed by atoms with Crippen LogP contribution in [-0.4, -0.2) is 22.6 Å². The van der Waals surface area contributed by atoms with Crippen LogP contribution >= 0.6 is 11.6 Å². The third-order valence-electron chi connectivity index (χ3n) is 3.97. The van der Waals surface area contributed by atoms with Gasteiger partial charge >= 0.3 is 5.97 Å². The molecule has 3 rings (SSSR count). The van der Waals surface area contributed by atoms with Gasteiger partial charge in [0.2, 0.25) is 0 Å². The van der Waals surface area contributed by atoms with E-state index < -0.39 is 6.04 Å². The van der Waals surface area contributed by atoms with Crippen LogP contribution in [0.25, 0.3) is 11.0 Å². The van der Waals surface area contributed by atoms with Crippen molar-refractivity contribution in [1.82, 2.24) is 14.9 Å². The largest absolute Gasteiger partial charge is 0.468 e. The lowest BCUT2D eigenvalue weighted by molar-refractivity contribution is -0.143. The Morgan fingerprint density at radius 3 is 2.75 bits per heavy atom. The smallest absolute Gasteiger partial charge is 0.327 e. The topological polar surface area (TPSA) is 56.1 Å². The van der Waals surface area contributed by atoms with Crippen molar-refractivity contribution in [2.24, 2.45) is 7.05 Å². The van der Waals surface area contributed by atoms with E-state index in [1.807, 2.05) is 60.1 Å². The first-order valence-corrected chi connectivity index (χ1v) is 7.95. The number of carbonyl (C=O) groups excluding carboxylic acids is 1. The summed E-state index contributed by atoms with van der Waals surface area (Å²) >= 11 is 6.02. The van der Waals surface area contributed by atoms with Crippen molar-refractivity contribution in [3.05, 3.63) is 64.9 Å². The number of ether oxygens (including phenoxy) is 1. The number of esters is 1. The van der Waals surface area contributed by atoms with Crippen molar-refractivity contribution >= 4 is 28.6 Å². The third kappa shape index (κ3) is 3.27. The van der Waals surface area contributed by atoms with Gasteiger partial charge < -0.3 is 9.30 Å². The molecule has 6 heteroatoms. The summed E-state index contributed by atoms with van der Waals surface area (Å²) in [7, 11) is 3.33. The van der Waals surface area contributed by atoms with Gasteiger partial charge in [-0.25, -0.2) is 9.78 Å². The van der Waals surface area contributed by atoms with Crippen molar-refractivity contribution in [2.75, 3.05) is 7.11 Å². The molecule has 0 unspecified atom stereocenters. The molecule has 5 nitrogen and oxygen atoms in total. The number of nitrogens with one attached hydrogen (secondary N) is 1. The first-order chi connectivity index (χ1) is 11.6. The van der Waals surface area contributed by atoms with E-state index in [2.05, 4.69) is 10.3 Å². The average molecular weight is 344 g/mol. The SMILES string of the molecule is COC(=O)[C@@H](NCc1nc2cc(Cl)ccc2n1C)c1ccccc1. The summed E-state index contributed by atoms with van der Waals surface area (Å²) in [4.78, 5) is 16.7. The second-order valence-electron chi connectivity index (χ2n) is 5.47. The number of carbonyl (C=O) groups is 1. The fourth-order valence-corrected chi connectivity index (χ4v) is 2.84. The normalized spacial score (nSPS) is 12.3. The standard InChI is InChI=1S/C18H18ClN3O2/c1-22-15-9-8-13(19)10-14(15)21-16(22)11-20-17(18(23)24-2)12-6-4-3-5-7-12/h3-10,17,20H,11H2,1-2H3/t17-/m0/s1. The number of aromatic nitrogens is 2. The summed E-state index contributed by atoms with van der Waals surface area (Å²) in [5, 5.41) is 3.88. The van der Waals surface area contributed by atoms with Crippen molar-refractivity contribution in [2.45, 2.75) is 12.6 Å². The third-order valence-corrected chi connectivity index (χ3v) is 4.20. The zero-order valence-electron chi connectivity index (χ0n) is 13.5. The molecule has 1 N–H and O–H groups in total. The molecule has 124 valence electrons. The quantitative estimate of drug-likeness (QED) is 0.723. The Morgan fingerprint density at radius 1 is 1.29 bits per heavy atom. The molecule has 0 fully saturated rings. The molecule has 0 saturated heterocycles. The zero-order valence-corrected chi connectivity index (χ0v) is 14.2. The monoisotopic (exact) mass is 343 g/mol. The molecule has 0 bridgehead atoms. The van der Waals surface area contributed by atoms with Crippen molar-refractivity contribution in [3.8, 4) is 0 Å². The van der Waals surface area contributed by atoms with E-state index in [-0.39, 0.29) is 5.97 Å². The molecule has 0 aliphatic heterocycles. The fourth-order valence-electron chi connectivity index (χ4n) is 2.67. The first-order valence-electron chi connectivity index (χ1n) is 7.57. The fraction of sp³-hybridized carbons (Fsp3) is 0.222. The average Bonchev–Trinajstić information content (AvgIpc) is 2.91. The van der Waals surface area contributed by atoms with Gasteiger partial charge in [0, 0.05) is 12.1 Å². The molecule has 0 saturated carbocycles. The number of imidazole rings is 1. The van der Waals surface area contributed by atoms with E-state index in [0.717, 1.165) is 22.4 Å². The first kappa shape index (κ1) is 16.5. The maximum atomic E-state index is 12.1. The summed E-state index contributed by atoms with van der Waals surface area (Å²) in [5.41, 5.74) is 2.67. The number of benzene rings is 2. The minimum atomic E-state index is -0.542. The highest BCUT2D eigenvalue weighted by atomic mass is 35.5. The van der Waals surface area contributed by atoms with Crippen molar-refractivity contribution < 1.29 is 9.53 Å². The Bertz CT molecular complexity index is 861. The zero-order chi connectivity index (χ0) is 17.1. The van der Waals surface area contributed by atoms with Gasteiger partial charge in [0.05, 0.1) is 24.7 Å². The molecule has 0 aliphatic rings. The highest BCUT2D eigenvalue weighted by Gasteiger charge is 2.21. The maximum Gasteiger partial charge on any atom is 0.327 e. The number of nitrogens with zero attached hydrogens (tertiary/aromatic N) is 2. The Morgan fingerprint density at radius 2 is 2.04 bits per heavy atom. The van der Waals surface area contributed by atoms with Crippen LogP contribution in [0.2, 0.25) is 5.02 Å². The second kappa shape index (κ2) is 7.03. The number of hydrogen-bond donors (Lipinski definition) is 1. The van der Waals surface area contributed by atoms with E-state index >= 15 is 0 Å². The molecule has 1 atom stereocenters. The summed E-state index contributed by atoms with van der Waals surface area (Å²) in [6, 6.07) is 14.5. The number of hydrogen-bond acceptors (Lipinski definition) is 4. The van der Waals surface area contributed by atoms with Crippen molar-refractivity contribution in [3.63, 3.8) is 0 Å². The number of fused-ring (bicyclic) bond motifs is 1. The summed E-state index contributed by atoms with van der Waals surface area (Å²) in [6.45, 7) is 0.428. The maximum absolute atomic E-state index is 12.1. The van der Waals surface area contributed by atoms with E-state index in [4.69, 9.17) is 16.3 Å². The minimum absolute atomic E-state index is 0.331. The molecular formula is C18H18ClN3O2. The van der Waals surface area contributed by atoms with Crippen LogP contribution in [0.1, 0.15) is 17.4 Å². The van der Waals surface area contributed by atoms with Gasteiger partial charge in [-0.1, -0.05) is 41.9 Å². The highest BCUT2D eigenvalue weighted by molar-refractivity contribution is 6.31. The molecule has 0 spiro atoms. The number of rotatable bonds is 5. The van der Waals surface area contributed by atoms with Gasteiger partial charge in [0.15, 0.2) is 0 Å². The number of methoxy groups -OCH3 is 1. The minimum Gasteiger partial charge on any atom is -0.468 e. The molecule has 0 aliphatic carbocycles. The molecule has 24 heavy (non-hydrogen) atoms. The van der Waals surface area contributed by atoms with Gasteiger partial charge in [0.1, 0.15) is 11.9 Å². The van der Waals surface area contributed by atoms with Gasteiger partial charge in [-0.05, 0) is 23.8 Å². The van der Waals surface area contributed by atoms with Gasteiger partial charge in [0.25, 0.3) is 0 Å². The number of halogens is 1. The van der Waals surface area contributed by atoms with Crippen LogP contribution in [0.15, 0.2) is 48.5 Å². The van der Waals surface area contributed by atoms with Crippen LogP contribution in [-0.2, 0) is 23.1 Å². The van der Waals surface area contributed by atoms with Gasteiger partial charge in [-0.2, -0.15) is 0 Å². The Balaban J connectivity index is 1.85. The van der Waals surface area contributed by atoms with Gasteiger partial charge in [-0.3, -0.25) is 5.32 Å². The van der Waals surface area contributed by atoms with E-state index in [9.17, 15) is 4.79 Å². The Kier molecular flexibility index (Phi) is 4.83. The second-order valence-corrected chi connectivity index (χ2v) is 5.90. The Labute approximate surface area is 145 Å². The summed E-state index contributed by atoms with van der Waals surface area (Å²) in [6.07, 6.45) is 0. The molecule has 1 heterocycles. The highest BCUT2D eigenvalue weighted by Crippen LogP contribution is 2.20. The van der Waals surface area contributed by atoms with Crippen LogP contribution in [0.5, 0.6) is 0 Å². The van der Waals surface area contributed by atoms with E-state index in [1.165, 1.54) is 7.11 Å². The predicted octanol–water partition coefficient (Wildman–Crippen LogP) is 3.23. The van der Waals surface area contributed by atoms with Gasteiger partial charge in [-0.15, -0.1) is 0 Å². The van der Waals surface area contributed by atoms with Crippen LogP contribution in [0.4, 0.5) is 0 Å². The lowest BCUT2D eigenvalue weighted by atomic mass is 10.1. The van der Waals surface area contributed by atoms with Crippen LogP contribution < -0.4 is 5.32 Å². The molecule has 3 aromatic rings. The Hall–Kier alpha value is -2.37. The lowest BCUT2D eigenvalue weighted by Gasteiger charge is -2.16. The lowest BCUT2D eigenvalue weighted by Crippen LogP contribution is -2.30. The summed E-state index contributed by atoms with van der Waals surface area (Å²) < 4.78 is 6.90. The van der Waals surface area contributed by atoms with Crippen LogP contribution in [0, 0.1) is 0 Å². The molecular weight excluding hydrogens is 326 g/mol. The van der Waals surface area contributed by atoms with Crippen molar-refractivity contribution in [1.29, 1.82) is 0 Å². The predicted molar refractivity (Wildman–Crippen MR) is 93.8 cm³/mol. The van der Waals surface area contributed by atoms with Crippen LogP contribution in [0.3, 0.4) is 0 Å². The molecule has 0 radical (unpaired) electrons.